The van der Waals surface area contributed by atoms with Crippen LogP contribution < -0.4 is 5.73 Å². The van der Waals surface area contributed by atoms with Gasteiger partial charge < -0.3 is 5.73 Å². The smallest absolute Gasteiger partial charge is 0.330 e. The van der Waals surface area contributed by atoms with Crippen LogP contribution in [0, 0.1) is 15.5 Å². The van der Waals surface area contributed by atoms with Crippen LogP contribution in [-0.2, 0) is 0 Å². The van der Waals surface area contributed by atoms with Gasteiger partial charge in [-0.15, -0.1) is 0 Å². The summed E-state index contributed by atoms with van der Waals surface area (Å²) in [5.41, 5.74) is 6.33. The van der Waals surface area contributed by atoms with Crippen molar-refractivity contribution < 1.29 is 4.92 Å². The lowest BCUT2D eigenvalue weighted by Gasteiger charge is -2.37. The molecule has 0 unspecified atom stereocenters. The molecule has 0 amide bonds. The van der Waals surface area contributed by atoms with E-state index in [1.807, 2.05) is 0 Å². The maximum Gasteiger partial charge on any atom is 0.330 e. The van der Waals surface area contributed by atoms with Crippen LogP contribution in [0.3, 0.4) is 0 Å². The maximum absolute atomic E-state index is 10.8. The van der Waals surface area contributed by atoms with Crippen molar-refractivity contribution in [1.29, 1.82) is 0 Å². The summed E-state index contributed by atoms with van der Waals surface area (Å²) in [4.78, 5) is 10.3. The first-order valence-corrected chi connectivity index (χ1v) is 7.09. The molecule has 0 atom stereocenters. The van der Waals surface area contributed by atoms with Crippen LogP contribution in [0.25, 0.3) is 0 Å². The number of hydrogen-bond acceptors (Lipinski definition) is 4. The number of nitrogens with two attached hydrogens (primary N) is 1. The summed E-state index contributed by atoms with van der Waals surface area (Å²) in [6, 6.07) is 0.236. The van der Waals surface area contributed by atoms with Gasteiger partial charge in [0.15, 0.2) is 0 Å². The lowest BCUT2D eigenvalue weighted by Crippen LogP contribution is -2.27. The van der Waals surface area contributed by atoms with Gasteiger partial charge in [0.1, 0.15) is 6.20 Å². The van der Waals surface area contributed by atoms with Crippen LogP contribution in [-0.4, -0.2) is 14.7 Å². The molecule has 0 aromatic carbocycles. The van der Waals surface area contributed by atoms with Crippen molar-refractivity contribution >= 4 is 11.5 Å². The lowest BCUT2D eigenvalue weighted by atomic mass is 9.71. The number of nitrogens with zero attached hydrogens (tertiary/aromatic N) is 3. The van der Waals surface area contributed by atoms with Crippen LogP contribution in [0.1, 0.15) is 57.4 Å². The van der Waals surface area contributed by atoms with Gasteiger partial charge in [0.25, 0.3) is 0 Å². The van der Waals surface area contributed by atoms with Gasteiger partial charge in [0.2, 0.25) is 5.82 Å². The molecule has 2 saturated carbocycles. The molecule has 0 saturated heterocycles. The van der Waals surface area contributed by atoms with Gasteiger partial charge in [-0.1, -0.05) is 12.8 Å². The highest BCUT2D eigenvalue weighted by atomic mass is 16.6. The Labute approximate surface area is 112 Å². The van der Waals surface area contributed by atoms with Crippen molar-refractivity contribution in [3.8, 4) is 0 Å². The fourth-order valence-electron chi connectivity index (χ4n) is 3.88. The van der Waals surface area contributed by atoms with Gasteiger partial charge >= 0.3 is 5.69 Å². The molecule has 104 valence electrons. The summed E-state index contributed by atoms with van der Waals surface area (Å²) >= 11 is 0. The molecule has 0 bridgehead atoms. The highest BCUT2D eigenvalue weighted by molar-refractivity contribution is 5.51. The summed E-state index contributed by atoms with van der Waals surface area (Å²) in [7, 11) is 0. The minimum Gasteiger partial charge on any atom is -0.378 e. The fraction of sp³-hybridized carbons (Fsp3) is 0.769. The van der Waals surface area contributed by atoms with E-state index in [0.717, 1.165) is 12.8 Å². The van der Waals surface area contributed by atoms with Crippen molar-refractivity contribution in [2.75, 3.05) is 5.73 Å². The second-order valence-electron chi connectivity index (χ2n) is 6.06. The minimum atomic E-state index is -0.458. The lowest BCUT2D eigenvalue weighted by molar-refractivity contribution is -0.384. The second-order valence-corrected chi connectivity index (χ2v) is 6.06. The van der Waals surface area contributed by atoms with E-state index in [2.05, 4.69) is 5.10 Å². The predicted molar refractivity (Wildman–Crippen MR) is 71.7 cm³/mol. The first-order valence-electron chi connectivity index (χ1n) is 7.09. The van der Waals surface area contributed by atoms with Crippen molar-refractivity contribution in [3.63, 3.8) is 0 Å². The van der Waals surface area contributed by atoms with E-state index in [-0.39, 0.29) is 17.5 Å². The summed E-state index contributed by atoms with van der Waals surface area (Å²) < 4.78 is 1.67. The molecule has 0 aliphatic heterocycles. The van der Waals surface area contributed by atoms with Crippen LogP contribution in [0.15, 0.2) is 6.20 Å². The highest BCUT2D eigenvalue weighted by Crippen LogP contribution is 2.51. The Morgan fingerprint density at radius 1 is 1.32 bits per heavy atom. The fourth-order valence-corrected chi connectivity index (χ4v) is 3.88. The molecule has 3 rings (SSSR count). The van der Waals surface area contributed by atoms with Crippen molar-refractivity contribution in [3.05, 3.63) is 16.3 Å². The topological polar surface area (TPSA) is 87.0 Å². The van der Waals surface area contributed by atoms with Crippen LogP contribution in [0.2, 0.25) is 0 Å². The largest absolute Gasteiger partial charge is 0.378 e. The van der Waals surface area contributed by atoms with E-state index in [0.29, 0.717) is 5.41 Å². The van der Waals surface area contributed by atoms with E-state index >= 15 is 0 Å². The standard InChI is InChI=1S/C13H20N4O2/c14-12-11(17(18)19)9-15-16(12)10-3-7-13(8-4-10)5-1-2-6-13/h9-10H,1-8,14H2. The van der Waals surface area contributed by atoms with Gasteiger partial charge in [-0.25, -0.2) is 4.68 Å². The molecule has 1 aromatic rings. The number of anilines is 1. The molecule has 2 N–H and O–H groups in total. The number of aromatic nitrogens is 2. The van der Waals surface area contributed by atoms with Crippen LogP contribution in [0.4, 0.5) is 11.5 Å². The van der Waals surface area contributed by atoms with E-state index in [1.54, 1.807) is 4.68 Å². The van der Waals surface area contributed by atoms with E-state index in [9.17, 15) is 10.1 Å². The SMILES string of the molecule is Nc1c([N+](=O)[O-])cnn1C1CCC2(CCCC2)CC1. The van der Waals surface area contributed by atoms with Gasteiger partial charge in [0, 0.05) is 0 Å². The molecule has 1 heterocycles. The molecule has 2 aliphatic rings. The maximum atomic E-state index is 10.8. The molecule has 19 heavy (non-hydrogen) atoms. The summed E-state index contributed by atoms with van der Waals surface area (Å²) in [6.07, 6.45) is 11.2. The average Bonchev–Trinajstić information content (AvgIpc) is 2.98. The Morgan fingerprint density at radius 2 is 1.95 bits per heavy atom. The van der Waals surface area contributed by atoms with Crippen molar-refractivity contribution in [1.82, 2.24) is 9.78 Å². The van der Waals surface area contributed by atoms with Gasteiger partial charge in [-0.2, -0.15) is 5.10 Å². The Morgan fingerprint density at radius 3 is 2.47 bits per heavy atom. The molecular weight excluding hydrogens is 244 g/mol. The Kier molecular flexibility index (Phi) is 2.95. The summed E-state index contributed by atoms with van der Waals surface area (Å²) in [5.74, 6) is 0.206. The molecule has 1 spiro atoms. The van der Waals surface area contributed by atoms with Crippen LogP contribution >= 0.6 is 0 Å². The number of hydrogen-bond donors (Lipinski definition) is 1. The van der Waals surface area contributed by atoms with Crippen molar-refractivity contribution in [2.24, 2.45) is 5.41 Å². The van der Waals surface area contributed by atoms with Gasteiger partial charge in [-0.05, 0) is 43.9 Å². The molecule has 2 fully saturated rings. The third kappa shape index (κ3) is 2.09. The van der Waals surface area contributed by atoms with Gasteiger partial charge in [0.05, 0.1) is 11.0 Å². The highest BCUT2D eigenvalue weighted by Gasteiger charge is 2.38. The third-order valence-corrected chi connectivity index (χ3v) is 5.04. The second kappa shape index (κ2) is 4.51. The molecule has 6 nitrogen and oxygen atoms in total. The van der Waals surface area contributed by atoms with E-state index < -0.39 is 4.92 Å². The quantitative estimate of drug-likeness (QED) is 0.657. The van der Waals surface area contributed by atoms with Crippen LogP contribution in [0.5, 0.6) is 0 Å². The normalized spacial score (nSPS) is 22.9. The first-order chi connectivity index (χ1) is 9.11. The first kappa shape index (κ1) is 12.4. The summed E-state index contributed by atoms with van der Waals surface area (Å²) in [5, 5.41) is 14.9. The number of nitrogen functional groups attached to an aromatic ring is 1. The molecule has 2 aliphatic carbocycles. The molecule has 0 radical (unpaired) electrons. The van der Waals surface area contributed by atoms with E-state index in [4.69, 9.17) is 5.73 Å². The molecular formula is C13H20N4O2. The number of nitro groups is 1. The van der Waals surface area contributed by atoms with E-state index in [1.165, 1.54) is 44.7 Å². The Bertz CT molecular complexity index is 481. The molecule has 1 aromatic heterocycles. The summed E-state index contributed by atoms with van der Waals surface area (Å²) in [6.45, 7) is 0. The Hall–Kier alpha value is -1.59. The van der Waals surface area contributed by atoms with Gasteiger partial charge in [-0.3, -0.25) is 10.1 Å². The third-order valence-electron chi connectivity index (χ3n) is 5.04. The molecule has 6 heteroatoms. The number of rotatable bonds is 2. The monoisotopic (exact) mass is 264 g/mol. The predicted octanol–water partition coefficient (Wildman–Crippen LogP) is 3.05. The zero-order valence-corrected chi connectivity index (χ0v) is 11.0. The van der Waals surface area contributed by atoms with Crippen molar-refractivity contribution in [2.45, 2.75) is 57.4 Å². The average molecular weight is 264 g/mol. The zero-order valence-electron chi connectivity index (χ0n) is 11.0. The zero-order chi connectivity index (χ0) is 13.5. The minimum absolute atomic E-state index is 0.0684. The Balaban J connectivity index is 1.73.